The van der Waals surface area contributed by atoms with Gasteiger partial charge in [0.1, 0.15) is 12.9 Å². The number of fused-ring (bicyclic) bond motifs is 4. The van der Waals surface area contributed by atoms with Crippen LogP contribution >= 0.6 is 0 Å². The van der Waals surface area contributed by atoms with Crippen LogP contribution in [0.5, 0.6) is 0 Å². The highest BCUT2D eigenvalue weighted by Gasteiger charge is 2.36. The summed E-state index contributed by atoms with van der Waals surface area (Å²) in [6, 6.07) is 4.14. The maximum absolute atomic E-state index is 13.2. The van der Waals surface area contributed by atoms with Crippen molar-refractivity contribution in [2.24, 2.45) is 5.92 Å². The Balaban J connectivity index is 1.33. The molecule has 2 saturated heterocycles. The summed E-state index contributed by atoms with van der Waals surface area (Å²) < 4.78 is 3.44. The molecule has 2 aromatic rings. The molecular weight excluding hydrogens is 370 g/mol. The van der Waals surface area contributed by atoms with Crippen molar-refractivity contribution in [1.82, 2.24) is 34.6 Å². The van der Waals surface area contributed by atoms with Gasteiger partial charge in [-0.3, -0.25) is 14.5 Å². The Kier molecular flexibility index (Phi) is 4.91. The first kappa shape index (κ1) is 18.5. The quantitative estimate of drug-likeness (QED) is 0.745. The highest BCUT2D eigenvalue weighted by molar-refractivity contribution is 5.76. The molecule has 3 aliphatic rings. The normalized spacial score (nSPS) is 24.3. The molecule has 0 aromatic carbocycles. The molecule has 2 atom stereocenters. The van der Waals surface area contributed by atoms with E-state index in [4.69, 9.17) is 0 Å². The smallest absolute Gasteiger partial charge is 0.255 e. The second-order valence-electron chi connectivity index (χ2n) is 8.64. The summed E-state index contributed by atoms with van der Waals surface area (Å²) >= 11 is 0. The van der Waals surface area contributed by atoms with Gasteiger partial charge in [0.15, 0.2) is 0 Å². The van der Waals surface area contributed by atoms with E-state index >= 15 is 0 Å². The number of hydrogen-bond acceptors (Lipinski definition) is 6. The summed E-state index contributed by atoms with van der Waals surface area (Å²) in [6.45, 7) is 5.14. The lowest BCUT2D eigenvalue weighted by Crippen LogP contribution is -2.50. The fraction of sp³-hybridized carbons (Fsp3) is 0.650. The van der Waals surface area contributed by atoms with Gasteiger partial charge in [0.25, 0.3) is 5.56 Å². The van der Waals surface area contributed by atoms with E-state index < -0.39 is 0 Å². The predicted octanol–water partition coefficient (Wildman–Crippen LogP) is 0.467. The van der Waals surface area contributed by atoms with Crippen LogP contribution in [0.4, 0.5) is 0 Å². The second-order valence-corrected chi connectivity index (χ2v) is 8.64. The van der Waals surface area contributed by atoms with E-state index in [1.807, 2.05) is 15.5 Å². The Bertz CT molecular complexity index is 933. The number of pyridine rings is 1. The van der Waals surface area contributed by atoms with Gasteiger partial charge in [-0.15, -0.1) is 5.10 Å². The summed E-state index contributed by atoms with van der Waals surface area (Å²) in [7, 11) is 0. The van der Waals surface area contributed by atoms with Crippen molar-refractivity contribution in [2.75, 3.05) is 26.2 Å². The van der Waals surface area contributed by atoms with Crippen molar-refractivity contribution in [3.63, 3.8) is 0 Å². The van der Waals surface area contributed by atoms with Crippen LogP contribution in [0.15, 0.2) is 23.3 Å². The molecule has 2 bridgehead atoms. The summed E-state index contributed by atoms with van der Waals surface area (Å²) in [6.07, 6.45) is 6.25. The molecule has 9 nitrogen and oxygen atoms in total. The van der Waals surface area contributed by atoms with Crippen molar-refractivity contribution in [2.45, 2.75) is 51.2 Å². The highest BCUT2D eigenvalue weighted by atomic mass is 16.2. The van der Waals surface area contributed by atoms with Crippen LogP contribution in [0.25, 0.3) is 0 Å². The van der Waals surface area contributed by atoms with Crippen LogP contribution in [0.3, 0.4) is 0 Å². The fourth-order valence-corrected chi connectivity index (χ4v) is 5.16. The van der Waals surface area contributed by atoms with Gasteiger partial charge in [0.2, 0.25) is 5.91 Å². The summed E-state index contributed by atoms with van der Waals surface area (Å²) in [5.74, 6) is 0.573. The van der Waals surface area contributed by atoms with E-state index in [1.165, 1.54) is 30.3 Å². The number of hydrogen-bond donors (Lipinski definition) is 0. The van der Waals surface area contributed by atoms with Crippen molar-refractivity contribution in [3.8, 4) is 0 Å². The zero-order valence-electron chi connectivity index (χ0n) is 16.6. The van der Waals surface area contributed by atoms with Crippen LogP contribution < -0.4 is 5.56 Å². The minimum Gasteiger partial charge on any atom is -0.340 e. The summed E-state index contributed by atoms with van der Waals surface area (Å²) in [5.41, 5.74) is 2.15. The monoisotopic (exact) mass is 397 g/mol. The zero-order chi connectivity index (χ0) is 19.8. The predicted molar refractivity (Wildman–Crippen MR) is 105 cm³/mol. The van der Waals surface area contributed by atoms with E-state index in [1.54, 1.807) is 0 Å². The fourth-order valence-electron chi connectivity index (χ4n) is 5.16. The van der Waals surface area contributed by atoms with Crippen LogP contribution in [-0.4, -0.2) is 66.7 Å². The molecule has 5 rings (SSSR count). The number of carbonyl (C=O) groups excluding carboxylic acids is 1. The number of aromatic nitrogens is 5. The molecule has 9 heteroatoms. The molecule has 0 aliphatic carbocycles. The van der Waals surface area contributed by atoms with E-state index in [9.17, 15) is 9.59 Å². The molecule has 2 fully saturated rings. The third kappa shape index (κ3) is 3.71. The summed E-state index contributed by atoms with van der Waals surface area (Å²) in [4.78, 5) is 30.2. The van der Waals surface area contributed by atoms with Crippen LogP contribution in [0.1, 0.15) is 42.9 Å². The van der Waals surface area contributed by atoms with Crippen molar-refractivity contribution < 1.29 is 4.79 Å². The number of rotatable bonds is 4. The maximum Gasteiger partial charge on any atom is 0.255 e. The Morgan fingerprint density at radius 3 is 2.76 bits per heavy atom. The SMILES string of the molecule is O=C(Cn1cnnn1)N1C[C@@H]2C[C@H](C1)c1ccc(CN3CCCCC3)c(=O)n1C2. The lowest BCUT2D eigenvalue weighted by molar-refractivity contribution is -0.134. The molecular formula is C20H27N7O2. The maximum atomic E-state index is 13.2. The first-order valence-corrected chi connectivity index (χ1v) is 10.6. The van der Waals surface area contributed by atoms with Gasteiger partial charge in [-0.2, -0.15) is 0 Å². The average molecular weight is 397 g/mol. The number of nitrogens with zero attached hydrogens (tertiary/aromatic N) is 7. The Labute approximate surface area is 169 Å². The van der Waals surface area contributed by atoms with Gasteiger partial charge in [0.05, 0.1) is 0 Å². The van der Waals surface area contributed by atoms with Gasteiger partial charge < -0.3 is 9.47 Å². The van der Waals surface area contributed by atoms with Gasteiger partial charge in [0, 0.05) is 43.4 Å². The lowest BCUT2D eigenvalue weighted by Gasteiger charge is -2.43. The van der Waals surface area contributed by atoms with Gasteiger partial charge in [-0.1, -0.05) is 12.5 Å². The third-order valence-corrected chi connectivity index (χ3v) is 6.57. The minimum atomic E-state index is 0.0320. The first-order valence-electron chi connectivity index (χ1n) is 10.6. The number of tetrazole rings is 1. The molecule has 3 aliphatic heterocycles. The lowest BCUT2D eigenvalue weighted by atomic mass is 9.83. The van der Waals surface area contributed by atoms with E-state index in [2.05, 4.69) is 26.5 Å². The Morgan fingerprint density at radius 1 is 1.10 bits per heavy atom. The Morgan fingerprint density at radius 2 is 1.97 bits per heavy atom. The standard InChI is InChI=1S/C20H27N7O2/c28-19(13-26-14-21-22-23-26)25-9-15-8-17(12-25)18-5-4-16(20(29)27(18)10-15)11-24-6-2-1-3-7-24/h4-5,14-15,17H,1-3,6-13H2/t15-,17+/m0/s1. The van der Waals surface area contributed by atoms with Gasteiger partial charge in [-0.25, -0.2) is 4.68 Å². The molecule has 1 amide bonds. The topological polar surface area (TPSA) is 89.2 Å². The number of carbonyl (C=O) groups is 1. The molecule has 29 heavy (non-hydrogen) atoms. The molecule has 0 unspecified atom stereocenters. The molecule has 0 N–H and O–H groups in total. The first-order chi connectivity index (χ1) is 14.2. The summed E-state index contributed by atoms with van der Waals surface area (Å²) in [5, 5.41) is 11.0. The molecule has 0 saturated carbocycles. The molecule has 5 heterocycles. The average Bonchev–Trinajstić information content (AvgIpc) is 3.24. The largest absolute Gasteiger partial charge is 0.340 e. The number of amides is 1. The molecule has 154 valence electrons. The highest BCUT2D eigenvalue weighted by Crippen LogP contribution is 2.35. The molecule has 2 aromatic heterocycles. The van der Waals surface area contributed by atoms with Crippen LogP contribution in [0.2, 0.25) is 0 Å². The number of likely N-dealkylation sites (tertiary alicyclic amines) is 2. The number of piperidine rings is 2. The van der Waals surface area contributed by atoms with Gasteiger partial charge in [-0.05, 0) is 54.8 Å². The third-order valence-electron chi connectivity index (χ3n) is 6.57. The van der Waals surface area contributed by atoms with Crippen LogP contribution in [0, 0.1) is 5.92 Å². The second kappa shape index (κ2) is 7.70. The van der Waals surface area contributed by atoms with E-state index in [0.29, 0.717) is 25.6 Å². The van der Waals surface area contributed by atoms with E-state index in [0.717, 1.165) is 37.3 Å². The molecule has 0 spiro atoms. The van der Waals surface area contributed by atoms with Crippen LogP contribution in [-0.2, 0) is 24.4 Å². The van der Waals surface area contributed by atoms with Crippen molar-refractivity contribution in [1.29, 1.82) is 0 Å². The van der Waals surface area contributed by atoms with E-state index in [-0.39, 0.29) is 23.9 Å². The minimum absolute atomic E-state index is 0.0320. The van der Waals surface area contributed by atoms with Crippen molar-refractivity contribution >= 4 is 5.91 Å². The van der Waals surface area contributed by atoms with Gasteiger partial charge >= 0.3 is 0 Å². The Hall–Kier alpha value is -2.55. The van der Waals surface area contributed by atoms with Crippen molar-refractivity contribution in [3.05, 3.63) is 40.1 Å². The zero-order valence-corrected chi connectivity index (χ0v) is 16.6. The molecule has 0 radical (unpaired) electrons.